The Kier molecular flexibility index (Phi) is 7.55. The van der Waals surface area contributed by atoms with Gasteiger partial charge in [0.2, 0.25) is 0 Å². The average Bonchev–Trinajstić information content (AvgIpc) is 2.63. The first-order valence-electron chi connectivity index (χ1n) is 8.88. The molecular weight excluding hydrogens is 366 g/mol. The molecule has 0 aromatic heterocycles. The first kappa shape index (κ1) is 22.8. The molecule has 8 N–H and O–H groups in total. The average molecular weight is 397 g/mol. The first-order chi connectivity index (χ1) is 12.5. The third kappa shape index (κ3) is 4.95. The van der Waals surface area contributed by atoms with Crippen LogP contribution in [-0.4, -0.2) is 111 Å². The number of aliphatic hydroxyl groups is 6. The molecule has 27 heavy (non-hydrogen) atoms. The molecule has 160 valence electrons. The van der Waals surface area contributed by atoms with Crippen LogP contribution in [0.4, 0.5) is 0 Å². The van der Waals surface area contributed by atoms with Crippen LogP contribution in [0.25, 0.3) is 0 Å². The highest BCUT2D eigenvalue weighted by atomic mass is 16.7. The van der Waals surface area contributed by atoms with Crippen molar-refractivity contribution >= 4 is 0 Å². The van der Waals surface area contributed by atoms with Gasteiger partial charge >= 0.3 is 0 Å². The van der Waals surface area contributed by atoms with Crippen molar-refractivity contribution in [2.24, 2.45) is 5.73 Å². The van der Waals surface area contributed by atoms with Crippen LogP contribution in [0.1, 0.15) is 20.8 Å². The Balaban J connectivity index is 2.17. The second-order valence-corrected chi connectivity index (χ2v) is 7.57. The normalized spacial score (nSPS) is 46.4. The fourth-order valence-corrected chi connectivity index (χ4v) is 2.95. The summed E-state index contributed by atoms with van der Waals surface area (Å²) in [6, 6.07) is 0. The summed E-state index contributed by atoms with van der Waals surface area (Å²) in [5.74, 6) is 0. The highest BCUT2D eigenvalue weighted by molar-refractivity contribution is 4.94. The van der Waals surface area contributed by atoms with E-state index in [0.29, 0.717) is 0 Å². The second kappa shape index (κ2) is 8.93. The molecule has 11 heteroatoms. The lowest BCUT2D eigenvalue weighted by Crippen LogP contribution is -2.65. The van der Waals surface area contributed by atoms with Crippen molar-refractivity contribution in [3.63, 3.8) is 0 Å². The minimum atomic E-state index is -1.62. The number of ether oxygens (including phenoxy) is 4. The minimum Gasteiger partial charge on any atom is -0.394 e. The zero-order valence-electron chi connectivity index (χ0n) is 15.6. The molecule has 2 heterocycles. The van der Waals surface area contributed by atoms with Gasteiger partial charge in [0.25, 0.3) is 0 Å². The Morgan fingerprint density at radius 2 is 1.52 bits per heavy atom. The molecule has 0 amide bonds. The summed E-state index contributed by atoms with van der Waals surface area (Å²) in [4.78, 5) is 0. The van der Waals surface area contributed by atoms with E-state index in [1.807, 2.05) is 0 Å². The fraction of sp³-hybridized carbons (Fsp3) is 1.00. The van der Waals surface area contributed by atoms with Gasteiger partial charge in [-0.05, 0) is 20.8 Å². The van der Waals surface area contributed by atoms with E-state index in [2.05, 4.69) is 0 Å². The van der Waals surface area contributed by atoms with Crippen molar-refractivity contribution in [1.29, 1.82) is 0 Å². The summed E-state index contributed by atoms with van der Waals surface area (Å²) in [5.41, 5.74) is 4.75. The summed E-state index contributed by atoms with van der Waals surface area (Å²) in [5, 5.41) is 60.1. The van der Waals surface area contributed by atoms with Crippen molar-refractivity contribution in [1.82, 2.24) is 0 Å². The predicted molar refractivity (Wildman–Crippen MR) is 89.2 cm³/mol. The molecule has 0 spiro atoms. The number of aliphatic hydroxyl groups excluding tert-OH is 6. The lowest BCUT2D eigenvalue weighted by molar-refractivity contribution is -0.365. The number of hydrogen-bond donors (Lipinski definition) is 7. The molecule has 0 aliphatic carbocycles. The Bertz CT molecular complexity index is 480. The monoisotopic (exact) mass is 397 g/mol. The van der Waals surface area contributed by atoms with E-state index in [1.165, 1.54) is 6.92 Å². The fourth-order valence-electron chi connectivity index (χ4n) is 2.95. The lowest BCUT2D eigenvalue weighted by Gasteiger charge is -2.46. The predicted octanol–water partition coefficient (Wildman–Crippen LogP) is -3.61. The summed E-state index contributed by atoms with van der Waals surface area (Å²) < 4.78 is 21.9. The van der Waals surface area contributed by atoms with Gasteiger partial charge in [0, 0.05) is 6.54 Å². The van der Waals surface area contributed by atoms with Gasteiger partial charge in [-0.2, -0.15) is 0 Å². The molecule has 2 aliphatic rings. The molecule has 2 fully saturated rings. The van der Waals surface area contributed by atoms with Crippen molar-refractivity contribution in [2.75, 3.05) is 13.2 Å². The molecule has 0 aromatic rings. The summed E-state index contributed by atoms with van der Waals surface area (Å²) in [6.45, 7) is 4.35. The molecule has 0 saturated carbocycles. The second-order valence-electron chi connectivity index (χ2n) is 7.57. The van der Waals surface area contributed by atoms with Gasteiger partial charge in [0.15, 0.2) is 12.6 Å². The Hall–Kier alpha value is -0.440. The highest BCUT2D eigenvalue weighted by Gasteiger charge is 2.51. The zero-order chi connectivity index (χ0) is 20.5. The SMILES string of the molecule is CC1O[C@@H](OC2C(O)[C@H](OC(C)(C)CN)OC(CO)[C@@H]2O)C(O)C(O)[C@H]1O. The maximum absolute atomic E-state index is 10.6. The van der Waals surface area contributed by atoms with Gasteiger partial charge in [-0.25, -0.2) is 0 Å². The highest BCUT2D eigenvalue weighted by Crippen LogP contribution is 2.30. The van der Waals surface area contributed by atoms with Crippen LogP contribution < -0.4 is 5.73 Å². The lowest BCUT2D eigenvalue weighted by atomic mass is 9.97. The van der Waals surface area contributed by atoms with E-state index in [-0.39, 0.29) is 6.54 Å². The number of nitrogens with two attached hydrogens (primary N) is 1. The van der Waals surface area contributed by atoms with Crippen LogP contribution in [0, 0.1) is 0 Å². The van der Waals surface area contributed by atoms with Crippen LogP contribution in [-0.2, 0) is 18.9 Å². The van der Waals surface area contributed by atoms with E-state index in [0.717, 1.165) is 0 Å². The summed E-state index contributed by atoms with van der Waals surface area (Å²) in [6.07, 6.45) is -13.5. The van der Waals surface area contributed by atoms with Crippen molar-refractivity contribution in [3.8, 4) is 0 Å². The van der Waals surface area contributed by atoms with Crippen molar-refractivity contribution < 1.29 is 49.6 Å². The molecule has 2 rings (SSSR count). The van der Waals surface area contributed by atoms with Gasteiger partial charge in [-0.15, -0.1) is 0 Å². The topological polar surface area (TPSA) is 184 Å². The molecule has 6 unspecified atom stereocenters. The van der Waals surface area contributed by atoms with Crippen LogP contribution in [0.2, 0.25) is 0 Å². The third-order valence-corrected chi connectivity index (χ3v) is 4.85. The first-order valence-corrected chi connectivity index (χ1v) is 8.88. The van der Waals surface area contributed by atoms with Gasteiger partial charge < -0.3 is 55.3 Å². The van der Waals surface area contributed by atoms with E-state index in [1.54, 1.807) is 13.8 Å². The molecular formula is C16H31NO10. The van der Waals surface area contributed by atoms with Crippen molar-refractivity contribution in [2.45, 2.75) is 87.8 Å². The van der Waals surface area contributed by atoms with Crippen LogP contribution in [0.5, 0.6) is 0 Å². The smallest absolute Gasteiger partial charge is 0.187 e. The largest absolute Gasteiger partial charge is 0.394 e. The molecule has 2 aliphatic heterocycles. The Labute approximate surface area is 157 Å². The zero-order valence-corrected chi connectivity index (χ0v) is 15.6. The number of hydrogen-bond acceptors (Lipinski definition) is 11. The van der Waals surface area contributed by atoms with Gasteiger partial charge in [-0.1, -0.05) is 0 Å². The van der Waals surface area contributed by atoms with Crippen LogP contribution in [0.15, 0.2) is 0 Å². The Morgan fingerprint density at radius 1 is 0.889 bits per heavy atom. The van der Waals surface area contributed by atoms with Crippen molar-refractivity contribution in [3.05, 3.63) is 0 Å². The molecule has 11 nitrogen and oxygen atoms in total. The summed E-state index contributed by atoms with van der Waals surface area (Å²) >= 11 is 0. The van der Waals surface area contributed by atoms with E-state index in [4.69, 9.17) is 24.7 Å². The maximum Gasteiger partial charge on any atom is 0.187 e. The minimum absolute atomic E-state index is 0.115. The maximum atomic E-state index is 10.6. The molecule has 10 atom stereocenters. The standard InChI is InChI=1S/C16H31NO10/c1-6-8(19)10(21)11(22)14(24-6)26-13-9(20)7(4-18)25-15(12(13)23)27-16(2,3)5-17/h6-15,18-23H,4-5,17H2,1-3H3/t6?,7?,8-,9-,10?,11?,12?,13?,14-,15-/m0/s1. The quantitative estimate of drug-likeness (QED) is 0.235. The van der Waals surface area contributed by atoms with Crippen LogP contribution >= 0.6 is 0 Å². The number of rotatable bonds is 6. The van der Waals surface area contributed by atoms with E-state index < -0.39 is 73.6 Å². The molecule has 0 radical (unpaired) electrons. The molecule has 2 saturated heterocycles. The Morgan fingerprint density at radius 3 is 2.07 bits per heavy atom. The summed E-state index contributed by atoms with van der Waals surface area (Å²) in [7, 11) is 0. The van der Waals surface area contributed by atoms with E-state index >= 15 is 0 Å². The van der Waals surface area contributed by atoms with Gasteiger partial charge in [0.1, 0.15) is 42.7 Å². The van der Waals surface area contributed by atoms with Gasteiger partial charge in [0.05, 0.1) is 18.3 Å². The molecule has 0 aromatic carbocycles. The van der Waals surface area contributed by atoms with Crippen LogP contribution in [0.3, 0.4) is 0 Å². The molecule has 0 bridgehead atoms. The van der Waals surface area contributed by atoms with E-state index in [9.17, 15) is 30.6 Å². The third-order valence-electron chi connectivity index (χ3n) is 4.85. The van der Waals surface area contributed by atoms with Gasteiger partial charge in [-0.3, -0.25) is 0 Å².